The van der Waals surface area contributed by atoms with Crippen LogP contribution in [0.2, 0.25) is 0 Å². The molecule has 3 heteroatoms. The first-order chi connectivity index (χ1) is 8.77. The Morgan fingerprint density at radius 1 is 1.06 bits per heavy atom. The SMILES string of the molecule is Cc1ccccc1/C=N/NC(=O)c1ccccc1. The van der Waals surface area contributed by atoms with Gasteiger partial charge in [-0.15, -0.1) is 0 Å². The van der Waals surface area contributed by atoms with Gasteiger partial charge in [0.1, 0.15) is 0 Å². The molecule has 90 valence electrons. The topological polar surface area (TPSA) is 41.5 Å². The Labute approximate surface area is 106 Å². The van der Waals surface area contributed by atoms with Crippen LogP contribution in [0.1, 0.15) is 21.5 Å². The molecule has 1 N–H and O–H groups in total. The second-order valence-corrected chi connectivity index (χ2v) is 3.92. The highest BCUT2D eigenvalue weighted by Crippen LogP contribution is 2.03. The van der Waals surface area contributed by atoms with Crippen LogP contribution >= 0.6 is 0 Å². The minimum Gasteiger partial charge on any atom is -0.267 e. The summed E-state index contributed by atoms with van der Waals surface area (Å²) < 4.78 is 0. The molecule has 0 bridgehead atoms. The summed E-state index contributed by atoms with van der Waals surface area (Å²) >= 11 is 0. The Morgan fingerprint density at radius 3 is 2.44 bits per heavy atom. The van der Waals surface area contributed by atoms with Crippen molar-refractivity contribution in [3.63, 3.8) is 0 Å². The third-order valence-corrected chi connectivity index (χ3v) is 2.59. The molecule has 0 aliphatic carbocycles. The lowest BCUT2D eigenvalue weighted by Crippen LogP contribution is -2.17. The molecule has 18 heavy (non-hydrogen) atoms. The van der Waals surface area contributed by atoms with Crippen molar-refractivity contribution < 1.29 is 4.79 Å². The molecule has 2 aromatic carbocycles. The molecule has 0 atom stereocenters. The molecule has 0 unspecified atom stereocenters. The molecule has 0 radical (unpaired) electrons. The Kier molecular flexibility index (Phi) is 3.86. The van der Waals surface area contributed by atoms with Crippen LogP contribution in [0.25, 0.3) is 0 Å². The number of hydrogen-bond acceptors (Lipinski definition) is 2. The molecule has 0 saturated heterocycles. The van der Waals surface area contributed by atoms with Gasteiger partial charge in [0, 0.05) is 5.56 Å². The van der Waals surface area contributed by atoms with E-state index in [2.05, 4.69) is 10.5 Å². The minimum absolute atomic E-state index is 0.208. The van der Waals surface area contributed by atoms with Crippen LogP contribution < -0.4 is 5.43 Å². The van der Waals surface area contributed by atoms with Crippen LogP contribution in [0.15, 0.2) is 59.7 Å². The Balaban J connectivity index is 2.00. The van der Waals surface area contributed by atoms with Gasteiger partial charge in [0.2, 0.25) is 0 Å². The van der Waals surface area contributed by atoms with Crippen LogP contribution in [-0.4, -0.2) is 12.1 Å². The molecule has 0 aromatic heterocycles. The zero-order valence-electron chi connectivity index (χ0n) is 10.1. The van der Waals surface area contributed by atoms with Crippen molar-refractivity contribution in [2.75, 3.05) is 0 Å². The van der Waals surface area contributed by atoms with E-state index in [1.807, 2.05) is 49.4 Å². The summed E-state index contributed by atoms with van der Waals surface area (Å²) in [6.45, 7) is 2.00. The molecule has 0 spiro atoms. The quantitative estimate of drug-likeness (QED) is 0.648. The lowest BCUT2D eigenvalue weighted by molar-refractivity contribution is 0.0955. The van der Waals surface area contributed by atoms with Crippen LogP contribution in [0, 0.1) is 6.92 Å². The Morgan fingerprint density at radius 2 is 1.72 bits per heavy atom. The van der Waals surface area contributed by atoms with E-state index in [4.69, 9.17) is 0 Å². The van der Waals surface area contributed by atoms with Gasteiger partial charge >= 0.3 is 0 Å². The van der Waals surface area contributed by atoms with E-state index < -0.39 is 0 Å². The van der Waals surface area contributed by atoms with Gasteiger partial charge in [-0.2, -0.15) is 5.10 Å². The fourth-order valence-corrected chi connectivity index (χ4v) is 1.55. The Bertz CT molecular complexity index is 562. The normalized spacial score (nSPS) is 10.5. The maximum atomic E-state index is 11.7. The van der Waals surface area contributed by atoms with Crippen LogP contribution in [0.5, 0.6) is 0 Å². The fourth-order valence-electron chi connectivity index (χ4n) is 1.55. The summed E-state index contributed by atoms with van der Waals surface area (Å²) in [4.78, 5) is 11.7. The largest absolute Gasteiger partial charge is 0.271 e. The first kappa shape index (κ1) is 12.0. The number of nitrogens with one attached hydrogen (secondary N) is 1. The van der Waals surface area contributed by atoms with Crippen molar-refractivity contribution in [2.24, 2.45) is 5.10 Å². The highest BCUT2D eigenvalue weighted by molar-refractivity contribution is 5.94. The first-order valence-corrected chi connectivity index (χ1v) is 5.71. The first-order valence-electron chi connectivity index (χ1n) is 5.71. The van der Waals surface area contributed by atoms with E-state index in [0.29, 0.717) is 5.56 Å². The number of carbonyl (C=O) groups excluding carboxylic acids is 1. The van der Waals surface area contributed by atoms with Crippen molar-refractivity contribution in [3.8, 4) is 0 Å². The number of hydrazone groups is 1. The lowest BCUT2D eigenvalue weighted by Gasteiger charge is -2.00. The van der Waals surface area contributed by atoms with Crippen molar-refractivity contribution in [2.45, 2.75) is 6.92 Å². The van der Waals surface area contributed by atoms with E-state index >= 15 is 0 Å². The van der Waals surface area contributed by atoms with Gasteiger partial charge < -0.3 is 0 Å². The number of aryl methyl sites for hydroxylation is 1. The van der Waals surface area contributed by atoms with Crippen LogP contribution in [0.4, 0.5) is 0 Å². The summed E-state index contributed by atoms with van der Waals surface area (Å²) in [5.74, 6) is -0.208. The van der Waals surface area contributed by atoms with Crippen LogP contribution in [-0.2, 0) is 0 Å². The van der Waals surface area contributed by atoms with Gasteiger partial charge in [-0.3, -0.25) is 4.79 Å². The van der Waals surface area contributed by atoms with Crippen molar-refractivity contribution >= 4 is 12.1 Å². The van der Waals surface area contributed by atoms with Crippen molar-refractivity contribution in [1.82, 2.24) is 5.43 Å². The molecule has 3 nitrogen and oxygen atoms in total. The number of rotatable bonds is 3. The second-order valence-electron chi connectivity index (χ2n) is 3.92. The lowest BCUT2D eigenvalue weighted by atomic mass is 10.1. The molecule has 1 amide bonds. The third-order valence-electron chi connectivity index (χ3n) is 2.59. The molecular weight excluding hydrogens is 224 g/mol. The molecule has 2 aromatic rings. The average molecular weight is 238 g/mol. The van der Waals surface area contributed by atoms with Crippen molar-refractivity contribution in [1.29, 1.82) is 0 Å². The molecule has 0 aliphatic rings. The van der Waals surface area contributed by atoms with E-state index in [-0.39, 0.29) is 5.91 Å². The molecule has 2 rings (SSSR count). The van der Waals surface area contributed by atoms with Gasteiger partial charge in [0.05, 0.1) is 6.21 Å². The zero-order valence-corrected chi connectivity index (χ0v) is 10.1. The number of carbonyl (C=O) groups is 1. The van der Waals surface area contributed by atoms with Gasteiger partial charge in [-0.1, -0.05) is 42.5 Å². The Hall–Kier alpha value is -2.42. The van der Waals surface area contributed by atoms with Gasteiger partial charge in [0.15, 0.2) is 0 Å². The summed E-state index contributed by atoms with van der Waals surface area (Å²) in [6, 6.07) is 16.9. The van der Waals surface area contributed by atoms with Gasteiger partial charge in [-0.05, 0) is 30.2 Å². The predicted molar refractivity (Wildman–Crippen MR) is 72.7 cm³/mol. The average Bonchev–Trinajstić information content (AvgIpc) is 2.42. The van der Waals surface area contributed by atoms with Gasteiger partial charge in [0.25, 0.3) is 5.91 Å². The predicted octanol–water partition coefficient (Wildman–Crippen LogP) is 2.76. The summed E-state index contributed by atoms with van der Waals surface area (Å²) in [7, 11) is 0. The number of benzene rings is 2. The zero-order chi connectivity index (χ0) is 12.8. The van der Waals surface area contributed by atoms with Gasteiger partial charge in [-0.25, -0.2) is 5.43 Å². The molecular formula is C15H14N2O. The highest BCUT2D eigenvalue weighted by Gasteiger charge is 2.01. The molecule has 0 fully saturated rings. The van der Waals surface area contributed by atoms with E-state index in [0.717, 1.165) is 11.1 Å². The summed E-state index contributed by atoms with van der Waals surface area (Å²) in [6.07, 6.45) is 1.65. The second kappa shape index (κ2) is 5.77. The van der Waals surface area contributed by atoms with E-state index in [9.17, 15) is 4.79 Å². The van der Waals surface area contributed by atoms with E-state index in [1.165, 1.54) is 0 Å². The fraction of sp³-hybridized carbons (Fsp3) is 0.0667. The number of amides is 1. The highest BCUT2D eigenvalue weighted by atomic mass is 16.2. The standard InChI is InChI=1S/C15H14N2O/c1-12-7-5-6-10-14(12)11-16-17-15(18)13-8-3-2-4-9-13/h2-11H,1H3,(H,17,18)/b16-11+. The van der Waals surface area contributed by atoms with Crippen LogP contribution in [0.3, 0.4) is 0 Å². The van der Waals surface area contributed by atoms with Crippen molar-refractivity contribution in [3.05, 3.63) is 71.3 Å². The van der Waals surface area contributed by atoms with E-state index in [1.54, 1.807) is 18.3 Å². The maximum absolute atomic E-state index is 11.7. The maximum Gasteiger partial charge on any atom is 0.271 e. The number of nitrogens with zero attached hydrogens (tertiary/aromatic N) is 1. The summed E-state index contributed by atoms with van der Waals surface area (Å²) in [5, 5.41) is 3.95. The molecule has 0 aliphatic heterocycles. The monoisotopic (exact) mass is 238 g/mol. The third kappa shape index (κ3) is 3.04. The molecule has 0 saturated carbocycles. The summed E-state index contributed by atoms with van der Waals surface area (Å²) in [5.41, 5.74) is 5.21. The number of hydrogen-bond donors (Lipinski definition) is 1. The molecule has 0 heterocycles. The minimum atomic E-state index is -0.208. The smallest absolute Gasteiger partial charge is 0.267 e.